The zero-order chi connectivity index (χ0) is 10.1. The normalized spacial score (nSPS) is 12.8. The lowest BCUT2D eigenvalue weighted by Crippen LogP contribution is -2.06. The van der Waals surface area contributed by atoms with Gasteiger partial charge in [0.15, 0.2) is 0 Å². The van der Waals surface area contributed by atoms with Gasteiger partial charge in [-0.25, -0.2) is 0 Å². The highest BCUT2D eigenvalue weighted by molar-refractivity contribution is 5.66. The van der Waals surface area contributed by atoms with Crippen LogP contribution in [0.15, 0.2) is 0 Å². The summed E-state index contributed by atoms with van der Waals surface area (Å²) in [7, 11) is 0. The van der Waals surface area contributed by atoms with Crippen LogP contribution in [-0.4, -0.2) is 11.1 Å². The predicted molar refractivity (Wildman–Crippen MR) is 54.8 cm³/mol. The largest absolute Gasteiger partial charge is 0.481 e. The van der Waals surface area contributed by atoms with Crippen molar-refractivity contribution < 1.29 is 9.90 Å². The molecule has 0 fully saturated rings. The van der Waals surface area contributed by atoms with E-state index < -0.39 is 5.97 Å². The van der Waals surface area contributed by atoms with Crippen LogP contribution in [0.2, 0.25) is 0 Å². The number of unbranched alkanes of at least 4 members (excludes halogenated alkanes) is 3. The molecule has 0 aliphatic heterocycles. The molecule has 0 aromatic carbocycles. The fourth-order valence-corrected chi connectivity index (χ4v) is 1.56. The standard InChI is InChI=1S/C11H22O2/c1-3-5-6-7-8-10(4-2)9-11(12)13/h10H,3-9H2,1-2H3,(H,12,13). The van der Waals surface area contributed by atoms with Crippen molar-refractivity contribution in [2.24, 2.45) is 5.92 Å². The molecule has 0 aliphatic carbocycles. The lowest BCUT2D eigenvalue weighted by atomic mass is 9.95. The lowest BCUT2D eigenvalue weighted by molar-refractivity contribution is -0.138. The van der Waals surface area contributed by atoms with Crippen LogP contribution in [0.4, 0.5) is 0 Å². The topological polar surface area (TPSA) is 37.3 Å². The Morgan fingerprint density at radius 2 is 1.92 bits per heavy atom. The molecule has 0 amide bonds. The van der Waals surface area contributed by atoms with Gasteiger partial charge in [0.2, 0.25) is 0 Å². The van der Waals surface area contributed by atoms with E-state index in [9.17, 15) is 4.79 Å². The Hall–Kier alpha value is -0.530. The van der Waals surface area contributed by atoms with Crippen LogP contribution in [-0.2, 0) is 4.79 Å². The lowest BCUT2D eigenvalue weighted by Gasteiger charge is -2.11. The molecule has 0 aromatic heterocycles. The molecule has 1 atom stereocenters. The van der Waals surface area contributed by atoms with Crippen LogP contribution < -0.4 is 0 Å². The second-order valence-corrected chi connectivity index (χ2v) is 3.72. The summed E-state index contributed by atoms with van der Waals surface area (Å²) in [6.45, 7) is 4.27. The maximum Gasteiger partial charge on any atom is 0.303 e. The number of hydrogen-bond acceptors (Lipinski definition) is 1. The van der Waals surface area contributed by atoms with E-state index in [1.54, 1.807) is 0 Å². The van der Waals surface area contributed by atoms with E-state index in [0.717, 1.165) is 12.8 Å². The summed E-state index contributed by atoms with van der Waals surface area (Å²) in [4.78, 5) is 10.5. The molecule has 1 N–H and O–H groups in total. The van der Waals surface area contributed by atoms with Crippen molar-refractivity contribution in [2.45, 2.75) is 58.8 Å². The average molecular weight is 186 g/mol. The molecule has 0 aromatic rings. The van der Waals surface area contributed by atoms with Gasteiger partial charge in [-0.1, -0.05) is 46.0 Å². The van der Waals surface area contributed by atoms with Crippen LogP contribution in [0.1, 0.15) is 58.8 Å². The third-order valence-corrected chi connectivity index (χ3v) is 2.51. The van der Waals surface area contributed by atoms with Gasteiger partial charge in [0.05, 0.1) is 0 Å². The zero-order valence-corrected chi connectivity index (χ0v) is 8.88. The van der Waals surface area contributed by atoms with Crippen molar-refractivity contribution in [1.29, 1.82) is 0 Å². The molecule has 0 saturated carbocycles. The highest BCUT2D eigenvalue weighted by atomic mass is 16.4. The first kappa shape index (κ1) is 12.5. The Morgan fingerprint density at radius 1 is 1.23 bits per heavy atom. The quantitative estimate of drug-likeness (QED) is 0.589. The number of hydrogen-bond donors (Lipinski definition) is 1. The summed E-state index contributed by atoms with van der Waals surface area (Å²) in [5.74, 6) is -0.253. The molecule has 2 nitrogen and oxygen atoms in total. The van der Waals surface area contributed by atoms with Crippen LogP contribution in [0.3, 0.4) is 0 Å². The first-order chi connectivity index (χ1) is 6.20. The Bertz CT molecular complexity index is 132. The van der Waals surface area contributed by atoms with Gasteiger partial charge in [-0.15, -0.1) is 0 Å². The molecular weight excluding hydrogens is 164 g/mol. The van der Waals surface area contributed by atoms with E-state index in [1.165, 1.54) is 25.7 Å². The van der Waals surface area contributed by atoms with E-state index in [2.05, 4.69) is 13.8 Å². The van der Waals surface area contributed by atoms with E-state index in [-0.39, 0.29) is 0 Å². The molecule has 0 spiro atoms. The van der Waals surface area contributed by atoms with E-state index in [0.29, 0.717) is 12.3 Å². The molecule has 13 heavy (non-hydrogen) atoms. The maximum atomic E-state index is 10.5. The fraction of sp³-hybridized carbons (Fsp3) is 0.909. The van der Waals surface area contributed by atoms with Crippen molar-refractivity contribution in [2.75, 3.05) is 0 Å². The predicted octanol–water partition coefficient (Wildman–Crippen LogP) is 3.46. The van der Waals surface area contributed by atoms with Crippen LogP contribution >= 0.6 is 0 Å². The summed E-state index contributed by atoms with van der Waals surface area (Å²) < 4.78 is 0. The van der Waals surface area contributed by atoms with Crippen molar-refractivity contribution in [1.82, 2.24) is 0 Å². The van der Waals surface area contributed by atoms with Crippen LogP contribution in [0, 0.1) is 5.92 Å². The molecular formula is C11H22O2. The minimum Gasteiger partial charge on any atom is -0.481 e. The monoisotopic (exact) mass is 186 g/mol. The van der Waals surface area contributed by atoms with Crippen molar-refractivity contribution in [3.05, 3.63) is 0 Å². The summed E-state index contributed by atoms with van der Waals surface area (Å²) in [5, 5.41) is 8.62. The first-order valence-electron chi connectivity index (χ1n) is 5.42. The molecule has 0 rings (SSSR count). The number of carboxylic acid groups (broad SMARTS) is 1. The molecule has 1 unspecified atom stereocenters. The number of carbonyl (C=O) groups is 1. The van der Waals surface area contributed by atoms with Crippen molar-refractivity contribution in [3.8, 4) is 0 Å². The van der Waals surface area contributed by atoms with Crippen molar-refractivity contribution >= 4 is 5.97 Å². The van der Waals surface area contributed by atoms with Crippen molar-refractivity contribution in [3.63, 3.8) is 0 Å². The van der Waals surface area contributed by atoms with Gasteiger partial charge >= 0.3 is 5.97 Å². The number of rotatable bonds is 8. The Kier molecular flexibility index (Phi) is 7.76. The fourth-order valence-electron chi connectivity index (χ4n) is 1.56. The Balaban J connectivity index is 3.42. The summed E-state index contributed by atoms with van der Waals surface area (Å²) in [6.07, 6.45) is 7.41. The molecule has 0 saturated heterocycles. The molecule has 0 heterocycles. The van der Waals surface area contributed by atoms with Gasteiger partial charge < -0.3 is 5.11 Å². The second-order valence-electron chi connectivity index (χ2n) is 3.72. The molecule has 2 heteroatoms. The van der Waals surface area contributed by atoms with Crippen LogP contribution in [0.5, 0.6) is 0 Å². The van der Waals surface area contributed by atoms with Gasteiger partial charge in [-0.3, -0.25) is 4.79 Å². The van der Waals surface area contributed by atoms with Gasteiger partial charge in [0.1, 0.15) is 0 Å². The summed E-state index contributed by atoms with van der Waals surface area (Å²) in [5.41, 5.74) is 0. The van der Waals surface area contributed by atoms with E-state index in [1.807, 2.05) is 0 Å². The van der Waals surface area contributed by atoms with Crippen LogP contribution in [0.25, 0.3) is 0 Å². The average Bonchev–Trinajstić information content (AvgIpc) is 2.09. The molecule has 0 radical (unpaired) electrons. The molecule has 78 valence electrons. The van der Waals surface area contributed by atoms with E-state index in [4.69, 9.17) is 5.11 Å². The van der Waals surface area contributed by atoms with E-state index >= 15 is 0 Å². The number of aliphatic carboxylic acids is 1. The van der Waals surface area contributed by atoms with Gasteiger partial charge in [-0.2, -0.15) is 0 Å². The Labute approximate surface area is 81.3 Å². The second kappa shape index (κ2) is 8.09. The minimum absolute atomic E-state index is 0.350. The van der Waals surface area contributed by atoms with Gasteiger partial charge in [-0.05, 0) is 12.3 Å². The highest BCUT2D eigenvalue weighted by Crippen LogP contribution is 2.17. The summed E-state index contributed by atoms with van der Waals surface area (Å²) in [6, 6.07) is 0. The first-order valence-corrected chi connectivity index (χ1v) is 5.42. The molecule has 0 bridgehead atoms. The van der Waals surface area contributed by atoms with Gasteiger partial charge in [0.25, 0.3) is 0 Å². The number of carboxylic acids is 1. The maximum absolute atomic E-state index is 10.5. The van der Waals surface area contributed by atoms with Gasteiger partial charge in [0, 0.05) is 6.42 Å². The molecule has 0 aliphatic rings. The Morgan fingerprint density at radius 3 is 2.38 bits per heavy atom. The SMILES string of the molecule is CCCCCCC(CC)CC(=O)O. The minimum atomic E-state index is -0.651. The smallest absolute Gasteiger partial charge is 0.303 e. The highest BCUT2D eigenvalue weighted by Gasteiger charge is 2.09. The summed E-state index contributed by atoms with van der Waals surface area (Å²) >= 11 is 0. The third-order valence-electron chi connectivity index (χ3n) is 2.51. The zero-order valence-electron chi connectivity index (χ0n) is 8.88. The third kappa shape index (κ3) is 7.82.